The third-order valence-electron chi connectivity index (χ3n) is 4.00. The van der Waals surface area contributed by atoms with E-state index in [0.29, 0.717) is 6.54 Å². The maximum atomic E-state index is 12.3. The number of hydrogen-bond donors (Lipinski definition) is 2. The molecule has 0 radical (unpaired) electrons. The number of aryl methyl sites for hydroxylation is 1. The van der Waals surface area contributed by atoms with Crippen LogP contribution < -0.4 is 10.6 Å². The summed E-state index contributed by atoms with van der Waals surface area (Å²) >= 11 is 0. The highest BCUT2D eigenvalue weighted by molar-refractivity contribution is 5.82. The number of nitrogens with zero attached hydrogens (tertiary/aromatic N) is 1. The van der Waals surface area contributed by atoms with Gasteiger partial charge < -0.3 is 10.6 Å². The van der Waals surface area contributed by atoms with Gasteiger partial charge in [0.1, 0.15) is 0 Å². The van der Waals surface area contributed by atoms with E-state index in [-0.39, 0.29) is 11.9 Å². The van der Waals surface area contributed by atoms with Crippen molar-refractivity contribution in [3.05, 3.63) is 65.0 Å². The minimum atomic E-state index is -0.156. The standard InChI is InChI=1S/C17H19N3O/c1-12-6-7-18-9-15(12)11-20-17(21)16-8-13-4-2-3-5-14(13)10-19-16/h2-7,9,16,19H,8,10-11H2,1H3,(H,20,21)/t16-/m1/s1. The first-order valence-electron chi connectivity index (χ1n) is 7.21. The van der Waals surface area contributed by atoms with Gasteiger partial charge >= 0.3 is 0 Å². The zero-order chi connectivity index (χ0) is 14.7. The summed E-state index contributed by atoms with van der Waals surface area (Å²) in [6.45, 7) is 3.30. The Morgan fingerprint density at radius 2 is 2.14 bits per heavy atom. The van der Waals surface area contributed by atoms with Gasteiger partial charge in [0.25, 0.3) is 0 Å². The number of hydrogen-bond acceptors (Lipinski definition) is 3. The molecule has 0 fully saturated rings. The van der Waals surface area contributed by atoms with Crippen molar-refractivity contribution in [1.82, 2.24) is 15.6 Å². The fourth-order valence-corrected chi connectivity index (χ4v) is 2.63. The van der Waals surface area contributed by atoms with Gasteiger partial charge in [0, 0.05) is 25.5 Å². The first-order chi connectivity index (χ1) is 10.2. The van der Waals surface area contributed by atoms with Gasteiger partial charge in [-0.25, -0.2) is 0 Å². The summed E-state index contributed by atoms with van der Waals surface area (Å²) in [5.41, 5.74) is 4.74. The highest BCUT2D eigenvalue weighted by atomic mass is 16.2. The maximum absolute atomic E-state index is 12.3. The molecule has 0 saturated carbocycles. The van der Waals surface area contributed by atoms with E-state index in [1.54, 1.807) is 12.4 Å². The number of pyridine rings is 1. The van der Waals surface area contributed by atoms with Gasteiger partial charge in [-0.05, 0) is 41.7 Å². The van der Waals surface area contributed by atoms with Crippen LogP contribution in [0.25, 0.3) is 0 Å². The number of benzene rings is 1. The third kappa shape index (κ3) is 3.11. The summed E-state index contributed by atoms with van der Waals surface area (Å²) in [5.74, 6) is 0.0488. The molecule has 2 heterocycles. The van der Waals surface area contributed by atoms with E-state index in [1.807, 2.05) is 25.1 Å². The van der Waals surface area contributed by atoms with Crippen LogP contribution in [0.15, 0.2) is 42.7 Å². The minimum absolute atomic E-state index is 0.0488. The largest absolute Gasteiger partial charge is 0.351 e. The molecule has 0 saturated heterocycles. The van der Waals surface area contributed by atoms with Crippen LogP contribution in [0.5, 0.6) is 0 Å². The maximum Gasteiger partial charge on any atom is 0.237 e. The summed E-state index contributed by atoms with van der Waals surface area (Å²) in [6, 6.07) is 10.1. The topological polar surface area (TPSA) is 54.0 Å². The fraction of sp³-hybridized carbons (Fsp3) is 0.294. The normalized spacial score (nSPS) is 17.1. The van der Waals surface area contributed by atoms with Gasteiger partial charge in [-0.1, -0.05) is 24.3 Å². The van der Waals surface area contributed by atoms with E-state index < -0.39 is 0 Å². The zero-order valence-electron chi connectivity index (χ0n) is 12.1. The van der Waals surface area contributed by atoms with Crippen molar-refractivity contribution in [2.45, 2.75) is 32.5 Å². The van der Waals surface area contributed by atoms with Crippen molar-refractivity contribution in [2.24, 2.45) is 0 Å². The van der Waals surface area contributed by atoms with Crippen molar-refractivity contribution in [3.8, 4) is 0 Å². The summed E-state index contributed by atoms with van der Waals surface area (Å²) in [4.78, 5) is 16.4. The molecule has 1 aliphatic heterocycles. The van der Waals surface area contributed by atoms with Gasteiger partial charge in [-0.3, -0.25) is 9.78 Å². The Labute approximate surface area is 124 Å². The molecule has 2 N–H and O–H groups in total. The molecular formula is C17H19N3O. The Hall–Kier alpha value is -2.20. The fourth-order valence-electron chi connectivity index (χ4n) is 2.63. The summed E-state index contributed by atoms with van der Waals surface area (Å²) in [6.07, 6.45) is 4.31. The van der Waals surface area contributed by atoms with Crippen LogP contribution in [0, 0.1) is 6.92 Å². The first kappa shape index (κ1) is 13.8. The van der Waals surface area contributed by atoms with Crippen LogP contribution in [-0.2, 0) is 24.3 Å². The Bertz CT molecular complexity index is 654. The van der Waals surface area contributed by atoms with Crippen LogP contribution in [0.3, 0.4) is 0 Å². The smallest absolute Gasteiger partial charge is 0.237 e. The minimum Gasteiger partial charge on any atom is -0.351 e. The molecule has 4 nitrogen and oxygen atoms in total. The molecule has 0 unspecified atom stereocenters. The van der Waals surface area contributed by atoms with E-state index >= 15 is 0 Å². The van der Waals surface area contributed by atoms with E-state index in [0.717, 1.165) is 24.1 Å². The Balaban J connectivity index is 1.61. The summed E-state index contributed by atoms with van der Waals surface area (Å²) in [5, 5.41) is 6.30. The molecule has 0 aliphatic carbocycles. The molecule has 0 spiro atoms. The SMILES string of the molecule is Cc1ccncc1CNC(=O)[C@H]1Cc2ccccc2CN1. The lowest BCUT2D eigenvalue weighted by Crippen LogP contribution is -2.47. The second kappa shape index (κ2) is 6.06. The Morgan fingerprint density at radius 3 is 2.95 bits per heavy atom. The number of carbonyl (C=O) groups is 1. The molecular weight excluding hydrogens is 262 g/mol. The number of amides is 1. The van der Waals surface area contributed by atoms with Crippen LogP contribution in [-0.4, -0.2) is 16.9 Å². The van der Waals surface area contributed by atoms with E-state index in [4.69, 9.17) is 0 Å². The Morgan fingerprint density at radius 1 is 1.33 bits per heavy atom. The van der Waals surface area contributed by atoms with E-state index in [9.17, 15) is 4.79 Å². The van der Waals surface area contributed by atoms with Crippen LogP contribution >= 0.6 is 0 Å². The quantitative estimate of drug-likeness (QED) is 0.900. The molecule has 1 aromatic heterocycles. The second-order valence-corrected chi connectivity index (χ2v) is 5.43. The molecule has 108 valence electrons. The van der Waals surface area contributed by atoms with Crippen molar-refractivity contribution >= 4 is 5.91 Å². The molecule has 1 atom stereocenters. The molecule has 1 aliphatic rings. The van der Waals surface area contributed by atoms with Crippen LogP contribution in [0.1, 0.15) is 22.3 Å². The first-order valence-corrected chi connectivity index (χ1v) is 7.21. The molecule has 1 aromatic carbocycles. The lowest BCUT2D eigenvalue weighted by molar-refractivity contribution is -0.123. The van der Waals surface area contributed by atoms with Gasteiger partial charge in [0.05, 0.1) is 6.04 Å². The highest BCUT2D eigenvalue weighted by Gasteiger charge is 2.23. The lowest BCUT2D eigenvalue weighted by Gasteiger charge is -2.25. The van der Waals surface area contributed by atoms with Crippen LogP contribution in [0.4, 0.5) is 0 Å². The molecule has 3 rings (SSSR count). The number of carbonyl (C=O) groups excluding carboxylic acids is 1. The predicted molar refractivity (Wildman–Crippen MR) is 81.6 cm³/mol. The number of rotatable bonds is 3. The molecule has 21 heavy (non-hydrogen) atoms. The Kier molecular flexibility index (Phi) is 3.97. The monoisotopic (exact) mass is 281 g/mol. The van der Waals surface area contributed by atoms with Crippen molar-refractivity contribution in [2.75, 3.05) is 0 Å². The molecule has 4 heteroatoms. The predicted octanol–water partition coefficient (Wildman–Crippen LogP) is 1.72. The third-order valence-corrected chi connectivity index (χ3v) is 4.00. The summed E-state index contributed by atoms with van der Waals surface area (Å²) in [7, 11) is 0. The number of nitrogens with one attached hydrogen (secondary N) is 2. The molecule has 1 amide bonds. The second-order valence-electron chi connectivity index (χ2n) is 5.43. The van der Waals surface area contributed by atoms with Gasteiger partial charge in [0.15, 0.2) is 0 Å². The van der Waals surface area contributed by atoms with Crippen molar-refractivity contribution in [3.63, 3.8) is 0 Å². The molecule has 2 aromatic rings. The van der Waals surface area contributed by atoms with E-state index in [2.05, 4.69) is 27.8 Å². The summed E-state index contributed by atoms with van der Waals surface area (Å²) < 4.78 is 0. The average Bonchev–Trinajstić information content (AvgIpc) is 2.53. The molecule has 0 bridgehead atoms. The van der Waals surface area contributed by atoms with Crippen molar-refractivity contribution < 1.29 is 4.79 Å². The van der Waals surface area contributed by atoms with Gasteiger partial charge in [-0.15, -0.1) is 0 Å². The lowest BCUT2D eigenvalue weighted by atomic mass is 9.95. The average molecular weight is 281 g/mol. The number of aromatic nitrogens is 1. The number of fused-ring (bicyclic) bond motifs is 1. The van der Waals surface area contributed by atoms with Crippen molar-refractivity contribution in [1.29, 1.82) is 0 Å². The van der Waals surface area contributed by atoms with Gasteiger partial charge in [-0.2, -0.15) is 0 Å². The van der Waals surface area contributed by atoms with Gasteiger partial charge in [0.2, 0.25) is 5.91 Å². The zero-order valence-corrected chi connectivity index (χ0v) is 12.1. The highest BCUT2D eigenvalue weighted by Crippen LogP contribution is 2.16. The van der Waals surface area contributed by atoms with E-state index in [1.165, 1.54) is 11.1 Å². The van der Waals surface area contributed by atoms with Crippen LogP contribution in [0.2, 0.25) is 0 Å².